The molecule has 1 N–H and O–H groups in total. The Morgan fingerprint density at radius 2 is 1.67 bits per heavy atom. The van der Waals surface area contributed by atoms with Crippen molar-refractivity contribution >= 4 is 0 Å². The van der Waals surface area contributed by atoms with E-state index in [0.717, 1.165) is 0 Å². The second-order valence-corrected chi connectivity index (χ2v) is 0.946. The van der Waals surface area contributed by atoms with Crippen molar-refractivity contribution in [1.82, 2.24) is 9.97 Å². The van der Waals surface area contributed by atoms with Crippen molar-refractivity contribution in [1.29, 1.82) is 0 Å². The van der Waals surface area contributed by atoms with E-state index in [1.54, 1.807) is 0 Å². The van der Waals surface area contributed by atoms with Crippen LogP contribution in [0, 0.1) is 12.4 Å². The third-order valence-corrected chi connectivity index (χ3v) is 0.456. The van der Waals surface area contributed by atoms with E-state index in [9.17, 15) is 0 Å². The number of rotatable bonds is 0. The van der Waals surface area contributed by atoms with Crippen LogP contribution in [0.25, 0.3) is 0 Å². The first-order valence-electron chi connectivity index (χ1n) is 1.69. The van der Waals surface area contributed by atoms with Crippen LogP contribution in [-0.2, 0) is 65.4 Å². The summed E-state index contributed by atoms with van der Waals surface area (Å²) in [6.45, 7) is 0. The number of aromatic nitrogens is 2. The largest absolute Gasteiger partial charge is 0.556 e. The fraction of sp³-hybridized carbons (Fsp3) is 0. The molecule has 0 bridgehead atoms. The molecule has 0 atom stereocenters. The minimum Gasteiger partial charge on any atom is -0.556 e. The van der Waals surface area contributed by atoms with E-state index in [-0.39, 0.29) is 71.2 Å². The predicted molar refractivity (Wildman–Crippen MR) is 21.4 cm³/mol. The van der Waals surface area contributed by atoms with E-state index in [0.29, 0.717) is 0 Å². The summed E-state index contributed by atoms with van der Waals surface area (Å²) in [5, 5.41) is 8.40. The SMILES string of the molecule is Oc1[c-]ncn[c-]1.[Y].[Y]. The topological polar surface area (TPSA) is 46.0 Å². The molecule has 0 saturated carbocycles. The zero-order chi connectivity index (χ0) is 5.11. The van der Waals surface area contributed by atoms with Crippen LogP contribution in [0.15, 0.2) is 6.33 Å². The van der Waals surface area contributed by atoms with Gasteiger partial charge in [-0.1, -0.05) is 5.75 Å². The van der Waals surface area contributed by atoms with Gasteiger partial charge in [-0.2, -0.15) is 0 Å². The maximum Gasteiger partial charge on any atom is 0 e. The molecule has 5 heteroatoms. The maximum atomic E-state index is 8.40. The second-order valence-electron chi connectivity index (χ2n) is 0.946. The summed E-state index contributed by atoms with van der Waals surface area (Å²) in [4.78, 5) is 6.73. The first kappa shape index (κ1) is 12.7. The standard InChI is InChI=1S/C4H2N2O.2Y/c7-4-1-5-3-6-2-4;;/h3,7H;;/q-2;;. The third-order valence-electron chi connectivity index (χ3n) is 0.456. The van der Waals surface area contributed by atoms with Crippen molar-refractivity contribution in [3.05, 3.63) is 18.7 Å². The van der Waals surface area contributed by atoms with Gasteiger partial charge in [0.15, 0.2) is 0 Å². The van der Waals surface area contributed by atoms with Gasteiger partial charge in [0.2, 0.25) is 0 Å². The number of hydrogen-bond donors (Lipinski definition) is 1. The second kappa shape index (κ2) is 7.20. The molecule has 0 fully saturated rings. The molecule has 0 unspecified atom stereocenters. The number of nitrogens with zero attached hydrogens (tertiary/aromatic N) is 2. The Hall–Kier alpha value is 1.09. The Labute approximate surface area is 103 Å². The van der Waals surface area contributed by atoms with Gasteiger partial charge in [0.05, 0.1) is 0 Å². The molecule has 0 amide bonds. The summed E-state index contributed by atoms with van der Waals surface area (Å²) in [7, 11) is 0. The molecule has 3 nitrogen and oxygen atoms in total. The zero-order valence-corrected chi connectivity index (χ0v) is 10.3. The van der Waals surface area contributed by atoms with Crippen molar-refractivity contribution in [3.63, 3.8) is 0 Å². The minimum absolute atomic E-state index is 0. The monoisotopic (exact) mass is 272 g/mol. The Morgan fingerprint density at radius 3 is 1.89 bits per heavy atom. The molecule has 1 rings (SSSR count). The van der Waals surface area contributed by atoms with Crippen LogP contribution in [0.5, 0.6) is 5.75 Å². The number of hydrogen-bond acceptors (Lipinski definition) is 3. The predicted octanol–water partition coefficient (Wildman–Crippen LogP) is -0.222. The first-order valence-corrected chi connectivity index (χ1v) is 1.69. The smallest absolute Gasteiger partial charge is 0 e. The molecule has 42 valence electrons. The van der Waals surface area contributed by atoms with E-state index in [4.69, 9.17) is 5.11 Å². The Morgan fingerprint density at radius 1 is 1.22 bits per heavy atom. The van der Waals surface area contributed by atoms with Gasteiger partial charge in [-0.25, -0.2) is 12.4 Å². The van der Waals surface area contributed by atoms with Gasteiger partial charge in [0, 0.05) is 65.4 Å². The van der Waals surface area contributed by atoms with Crippen LogP contribution in [0.2, 0.25) is 0 Å². The van der Waals surface area contributed by atoms with Crippen LogP contribution in [0.3, 0.4) is 0 Å². The van der Waals surface area contributed by atoms with Gasteiger partial charge in [0.1, 0.15) is 0 Å². The van der Waals surface area contributed by atoms with Crippen LogP contribution >= 0.6 is 0 Å². The average Bonchev–Trinajstić information content (AvgIpc) is 1.69. The minimum atomic E-state index is -0.150. The van der Waals surface area contributed by atoms with E-state index in [1.807, 2.05) is 0 Å². The molecule has 1 heterocycles. The molecule has 0 saturated heterocycles. The average molecular weight is 272 g/mol. The Bertz CT molecular complexity index is 146. The molecule has 0 aliphatic carbocycles. The van der Waals surface area contributed by atoms with Crippen molar-refractivity contribution in [2.45, 2.75) is 0 Å². The molecule has 9 heavy (non-hydrogen) atoms. The summed E-state index contributed by atoms with van der Waals surface area (Å²) in [6, 6.07) is 0. The summed E-state index contributed by atoms with van der Waals surface area (Å²) in [6.07, 6.45) is 5.69. The van der Waals surface area contributed by atoms with Crippen LogP contribution in [0.4, 0.5) is 0 Å². The molecular formula is C4H2N2OY2-2. The van der Waals surface area contributed by atoms with Crippen molar-refractivity contribution in [2.75, 3.05) is 0 Å². The molecule has 0 aromatic carbocycles. The fourth-order valence-electron chi connectivity index (χ4n) is 0.234. The van der Waals surface area contributed by atoms with Crippen molar-refractivity contribution < 1.29 is 70.5 Å². The van der Waals surface area contributed by atoms with E-state index in [2.05, 4.69) is 22.4 Å². The third kappa shape index (κ3) is 5.53. The van der Waals surface area contributed by atoms with Crippen molar-refractivity contribution in [3.8, 4) is 5.75 Å². The Kier molecular flexibility index (Phi) is 10.2. The van der Waals surface area contributed by atoms with E-state index >= 15 is 0 Å². The van der Waals surface area contributed by atoms with Gasteiger partial charge in [-0.3, -0.25) is 0 Å². The van der Waals surface area contributed by atoms with E-state index < -0.39 is 0 Å². The van der Waals surface area contributed by atoms with Gasteiger partial charge in [-0.05, 0) is 0 Å². The summed E-state index contributed by atoms with van der Waals surface area (Å²) in [5.74, 6) is -0.150. The zero-order valence-electron chi connectivity index (χ0n) is 4.57. The number of aromatic hydroxyl groups is 1. The quantitative estimate of drug-likeness (QED) is 0.664. The summed E-state index contributed by atoms with van der Waals surface area (Å²) >= 11 is 0. The first-order chi connectivity index (χ1) is 3.39. The molecule has 1 aromatic heterocycles. The normalized spacial score (nSPS) is 6.67. The van der Waals surface area contributed by atoms with Gasteiger partial charge in [0.25, 0.3) is 0 Å². The van der Waals surface area contributed by atoms with Crippen molar-refractivity contribution in [2.24, 2.45) is 0 Å². The fourth-order valence-corrected chi connectivity index (χ4v) is 0.234. The van der Waals surface area contributed by atoms with Gasteiger partial charge < -0.3 is 15.1 Å². The van der Waals surface area contributed by atoms with E-state index in [1.165, 1.54) is 6.33 Å². The van der Waals surface area contributed by atoms with Gasteiger partial charge in [-0.15, -0.1) is 6.33 Å². The maximum absolute atomic E-state index is 8.40. The molecule has 0 aliphatic rings. The molecule has 1 aromatic rings. The van der Waals surface area contributed by atoms with Crippen LogP contribution < -0.4 is 0 Å². The Balaban J connectivity index is 0. The van der Waals surface area contributed by atoms with Gasteiger partial charge >= 0.3 is 0 Å². The molecule has 0 aliphatic heterocycles. The van der Waals surface area contributed by atoms with Crippen LogP contribution in [-0.4, -0.2) is 15.1 Å². The molecule has 2 radical (unpaired) electrons. The molecular weight excluding hydrogens is 270 g/mol. The summed E-state index contributed by atoms with van der Waals surface area (Å²) < 4.78 is 0. The van der Waals surface area contributed by atoms with Crippen LogP contribution in [0.1, 0.15) is 0 Å². The molecule has 0 spiro atoms. The summed E-state index contributed by atoms with van der Waals surface area (Å²) in [5.41, 5.74) is 0.